The summed E-state index contributed by atoms with van der Waals surface area (Å²) < 4.78 is 130. The molecule has 0 spiro atoms. The van der Waals surface area contributed by atoms with Gasteiger partial charge < -0.3 is 26.8 Å². The van der Waals surface area contributed by atoms with Crippen molar-refractivity contribution >= 4 is 141 Å². The molecule has 0 fully saturated rings. The summed E-state index contributed by atoms with van der Waals surface area (Å²) in [6.07, 6.45) is 0. The van der Waals surface area contributed by atoms with E-state index < -0.39 is 72.9 Å². The van der Waals surface area contributed by atoms with E-state index in [1.165, 1.54) is 91.0 Å². The first-order valence-electron chi connectivity index (χ1n) is 28.2. The van der Waals surface area contributed by atoms with Gasteiger partial charge in [-0.3, -0.25) is 18.5 Å². The van der Waals surface area contributed by atoms with Crippen molar-refractivity contribution < 1.29 is 58.1 Å². The van der Waals surface area contributed by atoms with Crippen LogP contribution in [-0.2, 0) is 40.3 Å². The number of benzene rings is 10. The van der Waals surface area contributed by atoms with Crippen molar-refractivity contribution in [3.63, 3.8) is 0 Å². The third kappa shape index (κ3) is 14.3. The lowest BCUT2D eigenvalue weighted by molar-refractivity contribution is 0.472. The molecule has 0 radical (unpaired) electrons. The molecule has 0 unspecified atom stereocenters. The normalized spacial score (nSPS) is 12.7. The summed E-state index contributed by atoms with van der Waals surface area (Å²) in [5, 5.41) is 75.5. The average molecular weight is 1360 g/mol. The summed E-state index contributed by atoms with van der Waals surface area (Å²) >= 11 is 0. The number of aromatic hydroxyl groups is 3. The van der Waals surface area contributed by atoms with Gasteiger partial charge in [-0.05, 0) is 238 Å². The SMILES string of the molecule is Cc1cc(C)c(N=Nc2c(C)cc3cc(S(=O)(=O)O)c(N=Nc4ccc(S(=O)(=O)Nc5ccc(N=Nc6cc(NS(=O)(=O)c7ccc(N=Nc8c(S(=O)(=O)O)cc9cc(C)c(N=Nc%10cc(C)c(C)cc%10C)c(N)c9c8O)cc7)ccc6O)cc5)cc4)c(O)c3c2N)cc1C. The number of anilines is 4. The number of azo groups is 5. The zero-order valence-corrected chi connectivity index (χ0v) is 54.8. The maximum Gasteiger partial charge on any atom is 0.296 e. The summed E-state index contributed by atoms with van der Waals surface area (Å²) in [5.41, 5.74) is 20.1. The summed E-state index contributed by atoms with van der Waals surface area (Å²) in [7, 11) is -18.6. The molecule has 0 saturated heterocycles. The number of sulfonamides is 2. The molecule has 31 heteroatoms. The highest BCUT2D eigenvalue weighted by Crippen LogP contribution is 2.50. The Morgan fingerprint density at radius 3 is 1.07 bits per heavy atom. The van der Waals surface area contributed by atoms with Gasteiger partial charge in [0, 0.05) is 5.69 Å². The van der Waals surface area contributed by atoms with Crippen LogP contribution in [0.4, 0.5) is 79.6 Å². The van der Waals surface area contributed by atoms with Crippen molar-refractivity contribution in [2.45, 2.75) is 75.0 Å². The number of aryl methyl sites for hydroxylation is 8. The first-order valence-corrected chi connectivity index (χ1v) is 34.1. The Bertz CT molecular complexity index is 5480. The first kappa shape index (κ1) is 66.9. The lowest BCUT2D eigenvalue weighted by atomic mass is 10.0. The Morgan fingerprint density at radius 1 is 0.337 bits per heavy atom. The van der Waals surface area contributed by atoms with Crippen molar-refractivity contribution in [1.82, 2.24) is 0 Å². The van der Waals surface area contributed by atoms with Gasteiger partial charge in [-0.25, -0.2) is 16.8 Å². The van der Waals surface area contributed by atoms with E-state index in [1.54, 1.807) is 13.8 Å². The third-order valence-electron chi connectivity index (χ3n) is 15.2. The molecule has 10 aromatic carbocycles. The van der Waals surface area contributed by atoms with Crippen molar-refractivity contribution in [2.24, 2.45) is 51.1 Å². The summed E-state index contributed by atoms with van der Waals surface area (Å²) in [5.74, 6) is -1.86. The van der Waals surface area contributed by atoms with Gasteiger partial charge in [0.05, 0.1) is 66.1 Å². The van der Waals surface area contributed by atoms with E-state index in [4.69, 9.17) is 11.5 Å². The number of fused-ring (bicyclic) bond motifs is 2. The molecule has 0 aromatic heterocycles. The lowest BCUT2D eigenvalue weighted by Crippen LogP contribution is -2.12. The molecule has 0 atom stereocenters. The molecule has 486 valence electrons. The zero-order chi connectivity index (χ0) is 68.8. The molecule has 0 aliphatic heterocycles. The van der Waals surface area contributed by atoms with Gasteiger partial charge in [-0.2, -0.15) is 42.4 Å². The largest absolute Gasteiger partial charge is 0.506 e. The van der Waals surface area contributed by atoms with Crippen LogP contribution in [0.25, 0.3) is 21.5 Å². The highest BCUT2D eigenvalue weighted by atomic mass is 32.2. The van der Waals surface area contributed by atoms with E-state index in [0.717, 1.165) is 57.6 Å². The molecule has 10 rings (SSSR count). The van der Waals surface area contributed by atoms with Crippen LogP contribution in [-0.4, -0.2) is 58.1 Å². The van der Waals surface area contributed by atoms with E-state index >= 15 is 0 Å². The van der Waals surface area contributed by atoms with Gasteiger partial charge in [0.2, 0.25) is 0 Å². The van der Waals surface area contributed by atoms with Crippen LogP contribution in [0.2, 0.25) is 0 Å². The summed E-state index contributed by atoms with van der Waals surface area (Å²) in [6, 6.07) is 31.7. The van der Waals surface area contributed by atoms with Crippen LogP contribution in [0.5, 0.6) is 17.2 Å². The van der Waals surface area contributed by atoms with Gasteiger partial charge in [-0.1, -0.05) is 12.1 Å². The summed E-state index contributed by atoms with van der Waals surface area (Å²) in [6.45, 7) is 14.9. The van der Waals surface area contributed by atoms with Crippen LogP contribution in [0, 0.1) is 55.4 Å². The number of phenolic OH excluding ortho intramolecular Hbond substituents is 3. The number of phenols is 3. The minimum Gasteiger partial charge on any atom is -0.506 e. The Labute approximate surface area is 544 Å². The fraction of sp³-hybridized carbons (Fsp3) is 0.125. The van der Waals surface area contributed by atoms with Gasteiger partial charge >= 0.3 is 0 Å². The van der Waals surface area contributed by atoms with E-state index in [0.29, 0.717) is 22.5 Å². The monoisotopic (exact) mass is 1360 g/mol. The Morgan fingerprint density at radius 2 is 0.674 bits per heavy atom. The van der Waals surface area contributed by atoms with E-state index in [9.17, 15) is 58.1 Å². The molecule has 95 heavy (non-hydrogen) atoms. The molecule has 0 aliphatic carbocycles. The zero-order valence-electron chi connectivity index (χ0n) is 51.5. The molecular weight excluding hydrogens is 1300 g/mol. The Hall–Kier alpha value is -11.0. The average Bonchev–Trinajstić information content (AvgIpc) is 0.755. The Kier molecular flexibility index (Phi) is 18.2. The standard InChI is InChI=1S/C64H58N14O13S4/c1-32-23-36(5)49(27-34(32)3)70-73-59-38(7)25-40-29-53(94(86,87)88)61(63(80)55(40)57(59)65)75-68-43-13-18-47(19-14-43)92(82,83)77-45-11-9-42(10-12-45)67-72-51-31-46(17-22-52(51)79)78-93(84,85)48-20-15-44(16-21-48)69-76-62-54(95(89,90)91)30-41-26-39(8)60(58(66)56(41)64(62)81)74-71-50-28-35(4)33(2)24-37(50)6/h9-31,77-81H,65-66H2,1-8H3,(H,86,87,88)(H,89,90,91). The minimum atomic E-state index is -5.02. The number of nitrogens with one attached hydrogen (secondary N) is 2. The Balaban J connectivity index is 0.798. The molecule has 0 heterocycles. The van der Waals surface area contributed by atoms with Crippen molar-refractivity contribution in [3.8, 4) is 17.2 Å². The second kappa shape index (κ2) is 25.9. The number of nitrogens with two attached hydrogens (primary N) is 2. The second-order valence-electron chi connectivity index (χ2n) is 22.1. The van der Waals surface area contributed by atoms with Crippen molar-refractivity contribution in [2.75, 3.05) is 20.9 Å². The van der Waals surface area contributed by atoms with Crippen LogP contribution >= 0.6 is 0 Å². The number of hydrogen-bond donors (Lipinski definition) is 9. The quantitative estimate of drug-likeness (QED) is 0.0167. The number of nitrogens with zero attached hydrogens (tertiary/aromatic N) is 10. The number of rotatable bonds is 18. The fourth-order valence-electron chi connectivity index (χ4n) is 9.93. The number of nitrogen functional groups attached to an aromatic ring is 2. The number of hydrogen-bond acceptors (Lipinski definition) is 23. The van der Waals surface area contributed by atoms with Crippen LogP contribution in [0.3, 0.4) is 0 Å². The van der Waals surface area contributed by atoms with Crippen LogP contribution < -0.4 is 20.9 Å². The predicted octanol–water partition coefficient (Wildman–Crippen LogP) is 16.9. The molecule has 11 N–H and O–H groups in total. The van der Waals surface area contributed by atoms with Gasteiger partial charge in [-0.15, -0.1) is 25.6 Å². The molecule has 10 aromatic rings. The maximum atomic E-state index is 13.6. The van der Waals surface area contributed by atoms with E-state index in [2.05, 4.69) is 60.6 Å². The van der Waals surface area contributed by atoms with Gasteiger partial charge in [0.15, 0.2) is 11.5 Å². The molecule has 27 nitrogen and oxygen atoms in total. The van der Waals surface area contributed by atoms with Crippen molar-refractivity contribution in [3.05, 3.63) is 184 Å². The third-order valence-corrected chi connectivity index (χ3v) is 19.7. The van der Waals surface area contributed by atoms with E-state index in [1.807, 2.05) is 65.8 Å². The van der Waals surface area contributed by atoms with Crippen LogP contribution in [0.1, 0.15) is 44.5 Å². The molecule has 0 saturated carbocycles. The van der Waals surface area contributed by atoms with Gasteiger partial charge in [0.25, 0.3) is 40.3 Å². The summed E-state index contributed by atoms with van der Waals surface area (Å²) in [4.78, 5) is -2.06. The molecule has 0 amide bonds. The second-order valence-corrected chi connectivity index (χ2v) is 28.2. The van der Waals surface area contributed by atoms with Crippen LogP contribution in [0.15, 0.2) is 210 Å². The predicted molar refractivity (Wildman–Crippen MR) is 360 cm³/mol. The lowest BCUT2D eigenvalue weighted by Gasteiger charge is -2.14. The maximum absolute atomic E-state index is 13.6. The highest BCUT2D eigenvalue weighted by molar-refractivity contribution is 7.93. The smallest absolute Gasteiger partial charge is 0.296 e. The minimum absolute atomic E-state index is 0.00328. The first-order chi connectivity index (χ1) is 44.7. The topological polar surface area (TPSA) is 437 Å². The molecule has 0 aliphatic rings. The van der Waals surface area contributed by atoms with Crippen molar-refractivity contribution in [1.29, 1.82) is 0 Å². The van der Waals surface area contributed by atoms with Gasteiger partial charge in [0.1, 0.15) is 44.0 Å². The van der Waals surface area contributed by atoms with E-state index in [-0.39, 0.29) is 94.0 Å². The molecule has 0 bridgehead atoms. The molecular formula is C64H58N14O13S4. The fourth-order valence-corrected chi connectivity index (χ4v) is 13.4. The highest BCUT2D eigenvalue weighted by Gasteiger charge is 2.27.